The van der Waals surface area contributed by atoms with Crippen molar-refractivity contribution in [2.75, 3.05) is 0 Å². The molecule has 0 aliphatic heterocycles. The minimum atomic E-state index is -0.341. The molecule has 0 fully saturated rings. The first kappa shape index (κ1) is 13.9. The van der Waals surface area contributed by atoms with E-state index in [-0.39, 0.29) is 18.0 Å². The van der Waals surface area contributed by atoms with E-state index in [0.717, 1.165) is 11.1 Å². The van der Waals surface area contributed by atoms with Gasteiger partial charge in [0.2, 0.25) is 0 Å². The Morgan fingerprint density at radius 1 is 1.21 bits per heavy atom. The third-order valence-corrected chi connectivity index (χ3v) is 3.96. The highest BCUT2D eigenvalue weighted by Gasteiger charge is 2.13. The van der Waals surface area contributed by atoms with Crippen LogP contribution in [0.15, 0.2) is 40.9 Å². The first-order chi connectivity index (χ1) is 8.99. The molecule has 0 spiro atoms. The van der Waals surface area contributed by atoms with Crippen molar-refractivity contribution in [1.29, 1.82) is 0 Å². The smallest absolute Gasteiger partial charge is 0.167 e. The summed E-state index contributed by atoms with van der Waals surface area (Å²) in [7, 11) is 0. The van der Waals surface area contributed by atoms with Crippen LogP contribution in [0.5, 0.6) is 0 Å². The Morgan fingerprint density at radius 2 is 1.95 bits per heavy atom. The summed E-state index contributed by atoms with van der Waals surface area (Å²) in [5.41, 5.74) is 3.37. The monoisotopic (exact) mass is 320 g/mol. The Labute approximate surface area is 120 Å². The lowest BCUT2D eigenvalue weighted by Crippen LogP contribution is -2.07. The molecule has 0 saturated carbocycles. The lowest BCUT2D eigenvalue weighted by Gasteiger charge is -2.08. The molecular weight excluding hydrogens is 307 g/mol. The largest absolute Gasteiger partial charge is 0.294 e. The van der Waals surface area contributed by atoms with E-state index < -0.39 is 0 Å². The summed E-state index contributed by atoms with van der Waals surface area (Å²) in [6.07, 6.45) is 0.197. The minimum Gasteiger partial charge on any atom is -0.294 e. The van der Waals surface area contributed by atoms with Crippen molar-refractivity contribution >= 4 is 21.7 Å². The van der Waals surface area contributed by atoms with Crippen molar-refractivity contribution in [1.82, 2.24) is 0 Å². The van der Waals surface area contributed by atoms with Gasteiger partial charge in [-0.3, -0.25) is 4.79 Å². The molecule has 1 nitrogen and oxygen atoms in total. The van der Waals surface area contributed by atoms with E-state index in [4.69, 9.17) is 0 Å². The van der Waals surface area contributed by atoms with E-state index in [1.165, 1.54) is 6.07 Å². The number of hydrogen-bond donors (Lipinski definition) is 0. The normalized spacial score (nSPS) is 10.5. The molecule has 0 amide bonds. The highest BCUT2D eigenvalue weighted by molar-refractivity contribution is 9.10. The highest BCUT2D eigenvalue weighted by Crippen LogP contribution is 2.22. The van der Waals surface area contributed by atoms with Gasteiger partial charge >= 0.3 is 0 Å². The SMILES string of the molecule is Cc1ccc(C)c(C(=O)Cc2cccc(F)c2Br)c1. The third kappa shape index (κ3) is 3.10. The molecule has 19 heavy (non-hydrogen) atoms. The standard InChI is InChI=1S/C16H14BrFO/c1-10-6-7-11(2)13(8-10)15(19)9-12-4-3-5-14(18)16(12)17/h3-8H,9H2,1-2H3. The van der Waals surface area contributed by atoms with Gasteiger partial charge in [0.1, 0.15) is 5.82 Å². The number of ketones is 1. The Kier molecular flexibility index (Phi) is 4.15. The highest BCUT2D eigenvalue weighted by atomic mass is 79.9. The van der Waals surface area contributed by atoms with Gasteiger partial charge in [0.05, 0.1) is 4.47 Å². The molecule has 0 heterocycles. The van der Waals surface area contributed by atoms with Gasteiger partial charge in [-0.05, 0) is 53.0 Å². The van der Waals surface area contributed by atoms with Gasteiger partial charge in [0.25, 0.3) is 0 Å². The molecule has 0 unspecified atom stereocenters. The molecule has 2 aromatic rings. The zero-order valence-electron chi connectivity index (χ0n) is 10.8. The molecule has 0 aromatic heterocycles. The van der Waals surface area contributed by atoms with Crippen LogP contribution in [-0.2, 0) is 6.42 Å². The Morgan fingerprint density at radius 3 is 2.68 bits per heavy atom. The first-order valence-electron chi connectivity index (χ1n) is 6.02. The topological polar surface area (TPSA) is 17.1 Å². The number of Topliss-reactive ketones (excluding diaryl/α,β-unsaturated/α-hetero) is 1. The summed E-state index contributed by atoms with van der Waals surface area (Å²) in [5.74, 6) is -0.334. The Hall–Kier alpha value is -1.48. The molecule has 98 valence electrons. The summed E-state index contributed by atoms with van der Waals surface area (Å²) >= 11 is 3.19. The molecular formula is C16H14BrFO. The van der Waals surface area contributed by atoms with Gasteiger partial charge in [-0.1, -0.05) is 29.8 Å². The van der Waals surface area contributed by atoms with E-state index in [2.05, 4.69) is 15.9 Å². The first-order valence-corrected chi connectivity index (χ1v) is 6.81. The van der Waals surface area contributed by atoms with Crippen LogP contribution in [0, 0.1) is 19.7 Å². The van der Waals surface area contributed by atoms with E-state index in [1.807, 2.05) is 32.0 Å². The summed E-state index contributed by atoms with van der Waals surface area (Å²) in [6.45, 7) is 3.86. The van der Waals surface area contributed by atoms with Gasteiger partial charge in [-0.2, -0.15) is 0 Å². The molecule has 0 N–H and O–H groups in total. The molecule has 3 heteroatoms. The zero-order chi connectivity index (χ0) is 14.0. The van der Waals surface area contributed by atoms with Gasteiger partial charge in [-0.25, -0.2) is 4.39 Å². The van der Waals surface area contributed by atoms with E-state index in [9.17, 15) is 9.18 Å². The molecule has 0 bridgehead atoms. The van der Waals surface area contributed by atoms with Crippen LogP contribution in [0.3, 0.4) is 0 Å². The Balaban J connectivity index is 2.31. The van der Waals surface area contributed by atoms with Gasteiger partial charge < -0.3 is 0 Å². The van der Waals surface area contributed by atoms with Crippen LogP contribution in [0.25, 0.3) is 0 Å². The predicted molar refractivity (Wildman–Crippen MR) is 78.1 cm³/mol. The summed E-state index contributed by atoms with van der Waals surface area (Å²) in [4.78, 5) is 12.3. The molecule has 0 aliphatic rings. The number of rotatable bonds is 3. The number of halogens is 2. The molecule has 2 rings (SSSR count). The van der Waals surface area contributed by atoms with Crippen LogP contribution in [0.4, 0.5) is 4.39 Å². The van der Waals surface area contributed by atoms with Crippen molar-refractivity contribution in [3.05, 3.63) is 68.9 Å². The van der Waals surface area contributed by atoms with Crippen molar-refractivity contribution in [2.45, 2.75) is 20.3 Å². The van der Waals surface area contributed by atoms with Crippen LogP contribution in [0.2, 0.25) is 0 Å². The minimum absolute atomic E-state index is 0.00694. The molecule has 0 aliphatic carbocycles. The maximum Gasteiger partial charge on any atom is 0.167 e. The quantitative estimate of drug-likeness (QED) is 0.753. The van der Waals surface area contributed by atoms with Crippen molar-refractivity contribution in [2.24, 2.45) is 0 Å². The summed E-state index contributed by atoms with van der Waals surface area (Å²) in [6, 6.07) is 10.5. The zero-order valence-corrected chi connectivity index (χ0v) is 12.4. The average molecular weight is 321 g/mol. The fourth-order valence-corrected chi connectivity index (χ4v) is 2.39. The second-order valence-electron chi connectivity index (χ2n) is 4.63. The molecule has 2 aromatic carbocycles. The number of carbonyl (C=O) groups is 1. The van der Waals surface area contributed by atoms with Crippen LogP contribution >= 0.6 is 15.9 Å². The van der Waals surface area contributed by atoms with Gasteiger partial charge in [-0.15, -0.1) is 0 Å². The van der Waals surface area contributed by atoms with Crippen molar-refractivity contribution in [3.63, 3.8) is 0 Å². The van der Waals surface area contributed by atoms with Gasteiger partial charge in [0.15, 0.2) is 5.78 Å². The second kappa shape index (κ2) is 5.66. The number of benzene rings is 2. The van der Waals surface area contributed by atoms with Crippen LogP contribution in [-0.4, -0.2) is 5.78 Å². The summed E-state index contributed by atoms with van der Waals surface area (Å²) in [5, 5.41) is 0. The lowest BCUT2D eigenvalue weighted by molar-refractivity contribution is 0.0992. The summed E-state index contributed by atoms with van der Waals surface area (Å²) < 4.78 is 13.8. The fourth-order valence-electron chi connectivity index (χ4n) is 1.99. The van der Waals surface area contributed by atoms with Gasteiger partial charge in [0, 0.05) is 12.0 Å². The van der Waals surface area contributed by atoms with E-state index >= 15 is 0 Å². The maximum atomic E-state index is 13.4. The van der Waals surface area contributed by atoms with Crippen molar-refractivity contribution in [3.8, 4) is 0 Å². The lowest BCUT2D eigenvalue weighted by atomic mass is 9.97. The molecule has 0 radical (unpaired) electrons. The van der Waals surface area contributed by atoms with Crippen molar-refractivity contribution < 1.29 is 9.18 Å². The number of aryl methyl sites for hydroxylation is 2. The van der Waals surface area contributed by atoms with Crippen LogP contribution in [0.1, 0.15) is 27.0 Å². The second-order valence-corrected chi connectivity index (χ2v) is 5.42. The third-order valence-electron chi connectivity index (χ3n) is 3.08. The van der Waals surface area contributed by atoms with E-state index in [0.29, 0.717) is 15.6 Å². The number of carbonyl (C=O) groups excluding carboxylic acids is 1. The van der Waals surface area contributed by atoms with E-state index in [1.54, 1.807) is 12.1 Å². The predicted octanol–water partition coefficient (Wildman–Crippen LogP) is 4.63. The Bertz CT molecular complexity index is 635. The maximum absolute atomic E-state index is 13.4. The fraction of sp³-hybridized carbons (Fsp3) is 0.188. The van der Waals surface area contributed by atoms with Crippen LogP contribution < -0.4 is 0 Å². The molecule has 0 atom stereocenters. The molecule has 0 saturated heterocycles. The average Bonchev–Trinajstić information content (AvgIpc) is 2.38. The number of hydrogen-bond acceptors (Lipinski definition) is 1.